The first-order chi connectivity index (χ1) is 8.77. The molecule has 0 aliphatic rings. The summed E-state index contributed by atoms with van der Waals surface area (Å²) in [6.07, 6.45) is 12.2. The molecule has 0 heterocycles. The van der Waals surface area contributed by atoms with Gasteiger partial charge in [0.15, 0.2) is 5.78 Å². The monoisotopic (exact) mass is 236 g/mol. The molecule has 0 fully saturated rings. The van der Waals surface area contributed by atoms with Crippen molar-refractivity contribution in [3.8, 4) is 0 Å². The van der Waals surface area contributed by atoms with Gasteiger partial charge in [-0.15, -0.1) is 0 Å². The predicted octanol–water partition coefficient (Wildman–Crippen LogP) is 4.28. The van der Waals surface area contributed by atoms with Crippen molar-refractivity contribution >= 4 is 5.78 Å². The van der Waals surface area contributed by atoms with E-state index in [1.807, 2.05) is 36.4 Å². The van der Waals surface area contributed by atoms with Crippen molar-refractivity contribution in [3.05, 3.63) is 97.2 Å². The van der Waals surface area contributed by atoms with Gasteiger partial charge in [0.2, 0.25) is 0 Å². The molecular weight excluding hydrogens is 220 g/mol. The first kappa shape index (κ1) is 13.7. The molecule has 1 heteroatoms. The zero-order valence-electron chi connectivity index (χ0n) is 10.3. The molecule has 0 saturated carbocycles. The molecule has 0 unspecified atom stereocenters. The Morgan fingerprint density at radius 3 is 2.28 bits per heavy atom. The Balaban J connectivity index is 2.81. The Bertz CT molecular complexity index is 502. The second-order valence-corrected chi connectivity index (χ2v) is 3.56. The van der Waals surface area contributed by atoms with Gasteiger partial charge < -0.3 is 0 Å². The third-order valence-corrected chi connectivity index (χ3v) is 2.22. The molecule has 0 N–H and O–H groups in total. The molecule has 0 amide bonds. The fourth-order valence-corrected chi connectivity index (χ4v) is 1.35. The van der Waals surface area contributed by atoms with Gasteiger partial charge in [0.25, 0.3) is 0 Å². The van der Waals surface area contributed by atoms with Crippen molar-refractivity contribution in [2.24, 2.45) is 0 Å². The highest BCUT2D eigenvalue weighted by Crippen LogP contribution is 2.05. The van der Waals surface area contributed by atoms with Crippen LogP contribution in [0.1, 0.15) is 10.4 Å². The summed E-state index contributed by atoms with van der Waals surface area (Å²) >= 11 is 0. The van der Waals surface area contributed by atoms with Crippen LogP contribution in [0.2, 0.25) is 0 Å². The third-order valence-electron chi connectivity index (χ3n) is 2.22. The fraction of sp³-hybridized carbons (Fsp3) is 0. The maximum absolute atomic E-state index is 11.8. The summed E-state index contributed by atoms with van der Waals surface area (Å²) in [5.41, 5.74) is 1.58. The molecule has 0 bridgehead atoms. The number of allylic oxidation sites excluding steroid dienone is 8. The number of ketones is 1. The number of carbonyl (C=O) groups is 1. The molecule has 1 rings (SSSR count). The number of hydrogen-bond donors (Lipinski definition) is 0. The number of benzene rings is 1. The molecule has 0 spiro atoms. The van der Waals surface area contributed by atoms with Gasteiger partial charge in [0.1, 0.15) is 0 Å². The van der Waals surface area contributed by atoms with E-state index >= 15 is 0 Å². The van der Waals surface area contributed by atoms with E-state index in [4.69, 9.17) is 0 Å². The lowest BCUT2D eigenvalue weighted by molar-refractivity contribution is 0.104. The van der Waals surface area contributed by atoms with Crippen molar-refractivity contribution in [2.45, 2.75) is 0 Å². The minimum absolute atomic E-state index is 0.0161. The summed E-state index contributed by atoms with van der Waals surface area (Å²) in [7, 11) is 0. The molecule has 0 aliphatic carbocycles. The summed E-state index contributed by atoms with van der Waals surface area (Å²) in [4.78, 5) is 11.8. The average molecular weight is 236 g/mol. The summed E-state index contributed by atoms with van der Waals surface area (Å²) in [6.45, 7) is 7.24. The summed E-state index contributed by atoms with van der Waals surface area (Å²) in [6, 6.07) is 9.17. The van der Waals surface area contributed by atoms with E-state index < -0.39 is 0 Å². The van der Waals surface area contributed by atoms with Crippen LogP contribution >= 0.6 is 0 Å². The Labute approximate surface area is 108 Å². The molecule has 90 valence electrons. The van der Waals surface area contributed by atoms with Crippen LogP contribution in [0.4, 0.5) is 0 Å². The van der Waals surface area contributed by atoms with Gasteiger partial charge in [-0.3, -0.25) is 4.79 Å². The van der Waals surface area contributed by atoms with Crippen LogP contribution in [0.5, 0.6) is 0 Å². The minimum atomic E-state index is -0.0161. The quantitative estimate of drug-likeness (QED) is 0.409. The van der Waals surface area contributed by atoms with Gasteiger partial charge in [-0.2, -0.15) is 0 Å². The highest BCUT2D eigenvalue weighted by atomic mass is 16.1. The standard InChI is InChI=1S/C17H16O/c1-3-5-10-15(9-4-2)13-14-17(18)16-11-7-6-8-12-16/h3-14H,1-2H2/b10-5-,14-13?,15-9+. The van der Waals surface area contributed by atoms with Crippen LogP contribution in [0.15, 0.2) is 91.6 Å². The summed E-state index contributed by atoms with van der Waals surface area (Å²) in [5, 5.41) is 0. The maximum atomic E-state index is 11.8. The van der Waals surface area contributed by atoms with E-state index in [1.165, 1.54) is 0 Å². The molecule has 1 aromatic carbocycles. The molecule has 1 nitrogen and oxygen atoms in total. The topological polar surface area (TPSA) is 17.1 Å². The molecule has 0 atom stereocenters. The predicted molar refractivity (Wildman–Crippen MR) is 77.5 cm³/mol. The van der Waals surface area contributed by atoms with E-state index in [2.05, 4.69) is 13.2 Å². The zero-order chi connectivity index (χ0) is 13.2. The highest BCUT2D eigenvalue weighted by Gasteiger charge is 1.98. The van der Waals surface area contributed by atoms with Crippen LogP contribution < -0.4 is 0 Å². The average Bonchev–Trinajstić information content (AvgIpc) is 2.42. The van der Waals surface area contributed by atoms with Crippen LogP contribution in [0.25, 0.3) is 0 Å². The molecule has 0 aliphatic heterocycles. The Hall–Kier alpha value is -2.41. The van der Waals surface area contributed by atoms with Crippen molar-refractivity contribution in [3.63, 3.8) is 0 Å². The van der Waals surface area contributed by atoms with Gasteiger partial charge in [0, 0.05) is 5.56 Å². The Morgan fingerprint density at radius 1 is 0.944 bits per heavy atom. The van der Waals surface area contributed by atoms with Crippen LogP contribution in [0.3, 0.4) is 0 Å². The van der Waals surface area contributed by atoms with Crippen molar-refractivity contribution in [1.82, 2.24) is 0 Å². The number of hydrogen-bond acceptors (Lipinski definition) is 1. The molecule has 0 aromatic heterocycles. The largest absolute Gasteiger partial charge is 0.289 e. The Morgan fingerprint density at radius 2 is 1.67 bits per heavy atom. The molecule has 0 saturated heterocycles. The van der Waals surface area contributed by atoms with E-state index in [0.29, 0.717) is 5.56 Å². The molecule has 0 radical (unpaired) electrons. The second kappa shape index (κ2) is 7.80. The molecule has 1 aromatic rings. The second-order valence-electron chi connectivity index (χ2n) is 3.56. The van der Waals surface area contributed by atoms with Crippen LogP contribution in [-0.4, -0.2) is 5.78 Å². The maximum Gasteiger partial charge on any atom is 0.185 e. The lowest BCUT2D eigenvalue weighted by Gasteiger charge is -1.95. The molecule has 18 heavy (non-hydrogen) atoms. The first-order valence-electron chi connectivity index (χ1n) is 5.67. The highest BCUT2D eigenvalue weighted by molar-refractivity contribution is 6.04. The van der Waals surface area contributed by atoms with Crippen LogP contribution in [-0.2, 0) is 0 Å². The minimum Gasteiger partial charge on any atom is -0.289 e. The third kappa shape index (κ3) is 4.62. The van der Waals surface area contributed by atoms with Crippen molar-refractivity contribution in [2.75, 3.05) is 0 Å². The fourth-order valence-electron chi connectivity index (χ4n) is 1.35. The van der Waals surface area contributed by atoms with Crippen LogP contribution in [0, 0.1) is 0 Å². The van der Waals surface area contributed by atoms with E-state index in [-0.39, 0.29) is 5.78 Å². The van der Waals surface area contributed by atoms with Crippen molar-refractivity contribution in [1.29, 1.82) is 0 Å². The Kier molecular flexibility index (Phi) is 5.91. The van der Waals surface area contributed by atoms with E-state index in [0.717, 1.165) is 5.57 Å². The van der Waals surface area contributed by atoms with Crippen molar-refractivity contribution < 1.29 is 4.79 Å². The normalized spacial score (nSPS) is 11.9. The first-order valence-corrected chi connectivity index (χ1v) is 5.67. The smallest absolute Gasteiger partial charge is 0.185 e. The lowest BCUT2D eigenvalue weighted by Crippen LogP contribution is -1.92. The number of rotatable bonds is 6. The van der Waals surface area contributed by atoms with Gasteiger partial charge >= 0.3 is 0 Å². The number of carbonyl (C=O) groups excluding carboxylic acids is 1. The van der Waals surface area contributed by atoms with Gasteiger partial charge in [-0.1, -0.05) is 79.9 Å². The zero-order valence-corrected chi connectivity index (χ0v) is 10.3. The van der Waals surface area contributed by atoms with Gasteiger partial charge in [-0.05, 0) is 11.6 Å². The summed E-state index contributed by atoms with van der Waals surface area (Å²) in [5.74, 6) is -0.0161. The van der Waals surface area contributed by atoms with E-state index in [9.17, 15) is 4.79 Å². The van der Waals surface area contributed by atoms with E-state index in [1.54, 1.807) is 36.4 Å². The van der Waals surface area contributed by atoms with Gasteiger partial charge in [0.05, 0.1) is 0 Å². The molecular formula is C17H16O. The summed E-state index contributed by atoms with van der Waals surface area (Å²) < 4.78 is 0. The lowest BCUT2D eigenvalue weighted by atomic mass is 10.1. The van der Waals surface area contributed by atoms with Gasteiger partial charge in [-0.25, -0.2) is 0 Å². The SMILES string of the molecule is C=C/C=C\C(C=CC(=O)c1ccccc1)=C/C=C.